The summed E-state index contributed by atoms with van der Waals surface area (Å²) >= 11 is 5.76. The first kappa shape index (κ1) is 46.4. The van der Waals surface area contributed by atoms with Crippen molar-refractivity contribution in [2.45, 2.75) is 56.2 Å². The molecule has 0 unspecified atom stereocenters. The predicted octanol–water partition coefficient (Wildman–Crippen LogP) is 10.9. The molecule has 320 valence electrons. The van der Waals surface area contributed by atoms with Crippen molar-refractivity contribution in [2.75, 3.05) is 27.3 Å². The third kappa shape index (κ3) is 9.15. The van der Waals surface area contributed by atoms with Crippen LogP contribution >= 0.6 is 58.9 Å². The average molecular weight is 1140 g/mol. The van der Waals surface area contributed by atoms with Crippen LogP contribution in [0.5, 0.6) is 0 Å². The van der Waals surface area contributed by atoms with Gasteiger partial charge in [-0.2, -0.15) is 25.3 Å². The Morgan fingerprint density at radius 1 is 0.667 bits per heavy atom. The average Bonchev–Trinajstić information content (AvgIpc) is 3.12. The Balaban J connectivity index is 1.67. The van der Waals surface area contributed by atoms with Crippen molar-refractivity contribution in [3.63, 3.8) is 0 Å². The zero-order valence-corrected chi connectivity index (χ0v) is 41.6. The lowest BCUT2D eigenvalue weighted by molar-refractivity contribution is 0.479. The molecule has 0 aromatic heterocycles. The molecule has 1 aliphatic carbocycles. The number of halogens is 2. The van der Waals surface area contributed by atoms with Gasteiger partial charge in [0, 0.05) is 94.3 Å². The van der Waals surface area contributed by atoms with Gasteiger partial charge in [-0.05, 0) is 112 Å². The first-order valence-electron chi connectivity index (χ1n) is 17.6. The lowest BCUT2D eigenvalue weighted by atomic mass is 9.93. The monoisotopic (exact) mass is 1140 g/mol. The van der Waals surface area contributed by atoms with Crippen LogP contribution in [0.4, 0.5) is 28.4 Å². The van der Waals surface area contributed by atoms with Crippen molar-refractivity contribution in [2.24, 2.45) is 4.99 Å². The summed E-state index contributed by atoms with van der Waals surface area (Å²) in [6, 6.07) is 16.0. The van der Waals surface area contributed by atoms with E-state index in [1.54, 1.807) is 82.5 Å². The molecule has 1 aliphatic heterocycles. The summed E-state index contributed by atoms with van der Waals surface area (Å²) in [7, 11) is -14.0. The molecular weight excluding hydrogens is 1100 g/mol. The summed E-state index contributed by atoms with van der Waals surface area (Å²) in [5.74, 6) is 0.246. The van der Waals surface area contributed by atoms with E-state index in [2.05, 4.69) is 57.2 Å². The SMILES string of the molecule is CSNc1c(C)c(Nc2ccc3c(-c4ccccc4S(=O)(=O)O)c4ccc(=Nc5c(C)c(NS(C)(I)I)c(C)c(S(=O)(=O)O)c5C)cc-4oc3c2)c(C)c(S(=O)(=O)O)c1C. The fourth-order valence-corrected chi connectivity index (χ4v) is 12.7. The third-order valence-electron chi connectivity index (χ3n) is 9.97. The number of nitrogens with zero attached hydrogens (tertiary/aromatic N) is 1. The van der Waals surface area contributed by atoms with Crippen LogP contribution < -0.4 is 20.1 Å². The Labute approximate surface area is 378 Å². The Morgan fingerprint density at radius 2 is 1.27 bits per heavy atom. The van der Waals surface area contributed by atoms with E-state index in [1.807, 2.05) is 20.1 Å². The van der Waals surface area contributed by atoms with E-state index < -0.39 is 34.9 Å². The van der Waals surface area contributed by atoms with Gasteiger partial charge in [0.15, 0.2) is 0 Å². The molecule has 0 radical (unpaired) electrons. The van der Waals surface area contributed by atoms with Crippen LogP contribution in [-0.2, 0) is 30.4 Å². The van der Waals surface area contributed by atoms with Crippen molar-refractivity contribution in [3.8, 4) is 22.5 Å². The highest BCUT2D eigenvalue weighted by Gasteiger charge is 2.29. The standard InChI is InChI=1S/C39H40I2N4O10S5/c1-19-34(21(3)38(59(49,50)51)23(5)36(19)44-56-7)42-25-13-15-27-30(17-25)55-31-18-26(14-16-28(31)33(27)29-11-9-10-12-32(29)58(46,47)48)43-35-20(2)37(45-57(8,40)41)24(6)39(22(35)4)60(52,53)54/h9-18,42,44-45H,1-8H3,(H,46,47,48)(H,49,50,51)(H,52,53,54). The zero-order chi connectivity index (χ0) is 44.4. The van der Waals surface area contributed by atoms with E-state index in [4.69, 9.17) is 9.41 Å². The minimum Gasteiger partial charge on any atom is -0.456 e. The fourth-order valence-electron chi connectivity index (χ4n) is 7.58. The molecule has 6 rings (SSSR count). The lowest BCUT2D eigenvalue weighted by Gasteiger charge is -2.28. The van der Waals surface area contributed by atoms with Crippen LogP contribution in [0.3, 0.4) is 0 Å². The van der Waals surface area contributed by atoms with E-state index in [9.17, 15) is 38.9 Å². The van der Waals surface area contributed by atoms with Gasteiger partial charge in [0.05, 0.1) is 22.4 Å². The molecule has 0 bridgehead atoms. The maximum atomic E-state index is 12.7. The first-order valence-corrected chi connectivity index (χ1v) is 30.3. The molecule has 14 nitrogen and oxygen atoms in total. The number of hydrogen-bond donors (Lipinski definition) is 6. The second-order valence-corrected chi connectivity index (χ2v) is 36.0. The van der Waals surface area contributed by atoms with Crippen LogP contribution in [0.25, 0.3) is 33.4 Å². The van der Waals surface area contributed by atoms with Gasteiger partial charge in [-0.1, -0.05) is 34.7 Å². The van der Waals surface area contributed by atoms with Crippen LogP contribution in [0.2, 0.25) is 0 Å². The number of benzene rings is 5. The Bertz CT molecular complexity index is 3150. The summed E-state index contributed by atoms with van der Waals surface area (Å²) in [6.07, 6.45) is 3.76. The van der Waals surface area contributed by atoms with Gasteiger partial charge in [-0.3, -0.25) is 13.7 Å². The zero-order valence-electron chi connectivity index (χ0n) is 33.2. The molecule has 0 amide bonds. The number of nitrogens with one attached hydrogen (secondary N) is 3. The molecule has 1 heterocycles. The van der Waals surface area contributed by atoms with E-state index in [0.29, 0.717) is 72.6 Å². The highest BCUT2D eigenvalue weighted by Crippen LogP contribution is 2.61. The maximum absolute atomic E-state index is 12.7. The van der Waals surface area contributed by atoms with Gasteiger partial charge >= 0.3 is 0 Å². The summed E-state index contributed by atoms with van der Waals surface area (Å²) in [4.78, 5) is 4.05. The quantitative estimate of drug-likeness (QED) is 0.0307. The van der Waals surface area contributed by atoms with Gasteiger partial charge in [-0.25, -0.2) is 4.99 Å². The topological polar surface area (TPSA) is 225 Å². The summed E-state index contributed by atoms with van der Waals surface area (Å²) in [5, 5.41) is 4.11. The normalized spacial score (nSPS) is 13.2. The minimum atomic E-state index is -4.71. The highest BCUT2D eigenvalue weighted by atomic mass is 127. The predicted molar refractivity (Wildman–Crippen MR) is 260 cm³/mol. The highest BCUT2D eigenvalue weighted by molar-refractivity contribution is 14.3. The number of rotatable bonds is 11. The van der Waals surface area contributed by atoms with E-state index in [-0.39, 0.29) is 42.7 Å². The second kappa shape index (κ2) is 16.9. The van der Waals surface area contributed by atoms with Gasteiger partial charge in [-0.15, -0.1) is 0 Å². The largest absolute Gasteiger partial charge is 0.456 e. The van der Waals surface area contributed by atoms with Crippen LogP contribution in [-0.4, -0.2) is 51.4 Å². The van der Waals surface area contributed by atoms with Crippen molar-refractivity contribution < 1.29 is 43.3 Å². The van der Waals surface area contributed by atoms with Gasteiger partial charge in [0.25, 0.3) is 30.4 Å². The van der Waals surface area contributed by atoms with E-state index >= 15 is 0 Å². The van der Waals surface area contributed by atoms with Gasteiger partial charge in [0.1, 0.15) is 26.0 Å². The Hall–Kier alpha value is -3.14. The molecule has 0 saturated carbocycles. The molecule has 2 aliphatic rings. The molecule has 0 atom stereocenters. The smallest absolute Gasteiger partial charge is 0.295 e. The molecule has 6 N–H and O–H groups in total. The molecule has 0 fully saturated rings. The first-order chi connectivity index (χ1) is 27.7. The van der Waals surface area contributed by atoms with Gasteiger partial charge < -0.3 is 19.2 Å². The van der Waals surface area contributed by atoms with Crippen molar-refractivity contribution in [3.05, 3.63) is 99.4 Å². The molecule has 4 aromatic carbocycles. The number of anilines is 4. The molecule has 4 aromatic rings. The van der Waals surface area contributed by atoms with Crippen LogP contribution in [0.15, 0.2) is 84.8 Å². The second-order valence-electron chi connectivity index (χ2n) is 14.0. The number of hydrogen-bond acceptors (Lipinski definition) is 12. The van der Waals surface area contributed by atoms with E-state index in [1.165, 1.54) is 24.1 Å². The van der Waals surface area contributed by atoms with Crippen molar-refractivity contribution in [1.82, 2.24) is 0 Å². The Kier molecular flexibility index (Phi) is 13.0. The third-order valence-corrected chi connectivity index (χ3v) is 15.4. The van der Waals surface area contributed by atoms with Crippen LogP contribution in [0, 0.1) is 41.5 Å². The summed E-state index contributed by atoms with van der Waals surface area (Å²) < 4.78 is 119. The fraction of sp³-hybridized carbons (Fsp3) is 0.205. The van der Waals surface area contributed by atoms with Crippen molar-refractivity contribution in [1.29, 1.82) is 0 Å². The summed E-state index contributed by atoms with van der Waals surface area (Å²) in [5.41, 5.74) is 6.07. The summed E-state index contributed by atoms with van der Waals surface area (Å²) in [6.45, 7) is 10.00. The number of fused-ring (bicyclic) bond motifs is 2. The molecule has 0 saturated heterocycles. The van der Waals surface area contributed by atoms with E-state index in [0.717, 1.165) is 0 Å². The van der Waals surface area contributed by atoms with Gasteiger partial charge in [0.2, 0.25) is 0 Å². The minimum absolute atomic E-state index is 0.189. The maximum Gasteiger partial charge on any atom is 0.295 e. The molecule has 60 heavy (non-hydrogen) atoms. The van der Waals surface area contributed by atoms with Crippen LogP contribution in [0.1, 0.15) is 33.4 Å². The molecular formula is C39H40I2N4O10S5. The van der Waals surface area contributed by atoms with Crippen molar-refractivity contribution >= 4 is 129 Å². The molecule has 0 spiro atoms. The Morgan fingerprint density at radius 3 is 1.87 bits per heavy atom. The molecule has 21 heteroatoms. The lowest BCUT2D eigenvalue weighted by Crippen LogP contribution is -2.11.